The fraction of sp³-hybridized carbons (Fsp3) is 0.149. The third kappa shape index (κ3) is 13.5. The van der Waals surface area contributed by atoms with Gasteiger partial charge in [0.2, 0.25) is 0 Å². The lowest BCUT2D eigenvalue weighted by atomic mass is 9.78. The van der Waals surface area contributed by atoms with Crippen molar-refractivity contribution in [1.29, 1.82) is 0 Å². The topological polar surface area (TPSA) is 140 Å². The molecule has 0 saturated heterocycles. The SMILES string of the molecule is C=C(/C=C\C(=C/C)Oc1ccc(C=O)c(C(=O)NC)c1)C(C)(C)c1ccc(Oc2ccc(C(=O)O)c(C(=O)N/C=C/C=C(\C=C/C)O/C=C/C=C(P)\C=C/C)c2)cc1. The van der Waals surface area contributed by atoms with Crippen LogP contribution in [0, 0.1) is 0 Å². The smallest absolute Gasteiger partial charge is 0.336 e. The Morgan fingerprint density at radius 2 is 1.45 bits per heavy atom. The molecule has 3 rings (SSSR count). The number of aromatic carboxylic acids is 1. The lowest BCUT2D eigenvalue weighted by molar-refractivity contribution is 0.0691. The van der Waals surface area contributed by atoms with E-state index in [1.807, 2.05) is 77.1 Å². The summed E-state index contributed by atoms with van der Waals surface area (Å²) < 4.78 is 17.7. The number of carboxylic acids is 1. The molecule has 3 aromatic rings. The summed E-state index contributed by atoms with van der Waals surface area (Å²) in [7, 11) is 4.10. The van der Waals surface area contributed by atoms with E-state index in [1.54, 1.807) is 54.7 Å². The molecule has 0 aliphatic rings. The van der Waals surface area contributed by atoms with Gasteiger partial charge in [-0.05, 0) is 122 Å². The van der Waals surface area contributed by atoms with Crippen LogP contribution in [-0.2, 0) is 10.2 Å². The first-order valence-electron chi connectivity index (χ1n) is 18.2. The molecule has 1 atom stereocenters. The van der Waals surface area contributed by atoms with Crippen molar-refractivity contribution in [2.24, 2.45) is 0 Å². The maximum atomic E-state index is 13.1. The zero-order chi connectivity index (χ0) is 42.7. The van der Waals surface area contributed by atoms with E-state index in [-0.39, 0.29) is 28.0 Å². The summed E-state index contributed by atoms with van der Waals surface area (Å²) in [6.07, 6.45) is 23.2. The Labute approximate surface area is 342 Å². The highest BCUT2D eigenvalue weighted by molar-refractivity contribution is 7.22. The van der Waals surface area contributed by atoms with Gasteiger partial charge in [0.05, 0.1) is 23.0 Å². The van der Waals surface area contributed by atoms with Crippen molar-refractivity contribution in [2.75, 3.05) is 7.05 Å². The molecule has 0 heterocycles. The third-order valence-electron chi connectivity index (χ3n) is 8.51. The first-order valence-corrected chi connectivity index (χ1v) is 18.8. The van der Waals surface area contributed by atoms with E-state index in [9.17, 15) is 24.3 Å². The molecule has 58 heavy (non-hydrogen) atoms. The molecule has 3 N–H and O–H groups in total. The van der Waals surface area contributed by atoms with Crippen LogP contribution in [0.5, 0.6) is 17.2 Å². The number of nitrogens with one attached hydrogen (secondary N) is 2. The summed E-state index contributed by atoms with van der Waals surface area (Å²) in [6.45, 7) is 13.9. The molecule has 0 aliphatic heterocycles. The summed E-state index contributed by atoms with van der Waals surface area (Å²) >= 11 is 0. The monoisotopic (exact) mass is 800 g/mol. The first kappa shape index (κ1) is 45.6. The Bertz CT molecular complexity index is 2240. The largest absolute Gasteiger partial charge is 0.478 e. The predicted octanol–water partition coefficient (Wildman–Crippen LogP) is 10.3. The number of allylic oxidation sites excluding steroid dienone is 13. The van der Waals surface area contributed by atoms with Gasteiger partial charge in [0, 0.05) is 24.2 Å². The average molecular weight is 801 g/mol. The number of hydrogen-bond acceptors (Lipinski definition) is 7. The van der Waals surface area contributed by atoms with Crippen molar-refractivity contribution in [3.8, 4) is 17.2 Å². The molecule has 0 bridgehead atoms. The van der Waals surface area contributed by atoms with Crippen molar-refractivity contribution in [1.82, 2.24) is 10.6 Å². The second kappa shape index (κ2) is 22.7. The molecule has 10 nitrogen and oxygen atoms in total. The second-order valence-electron chi connectivity index (χ2n) is 12.9. The zero-order valence-corrected chi connectivity index (χ0v) is 34.6. The van der Waals surface area contributed by atoms with Gasteiger partial charge in [-0.2, -0.15) is 0 Å². The molecule has 300 valence electrons. The van der Waals surface area contributed by atoms with Crippen LogP contribution in [0.4, 0.5) is 0 Å². The van der Waals surface area contributed by atoms with Crippen molar-refractivity contribution in [3.05, 3.63) is 197 Å². The van der Waals surface area contributed by atoms with E-state index >= 15 is 0 Å². The van der Waals surface area contributed by atoms with Crippen molar-refractivity contribution < 1.29 is 38.5 Å². The van der Waals surface area contributed by atoms with Gasteiger partial charge in [-0.25, -0.2) is 4.79 Å². The molecule has 2 amide bonds. The fourth-order valence-electron chi connectivity index (χ4n) is 5.13. The Kier molecular flexibility index (Phi) is 17.9. The van der Waals surface area contributed by atoms with Crippen molar-refractivity contribution >= 4 is 33.3 Å². The Morgan fingerprint density at radius 3 is 2.09 bits per heavy atom. The van der Waals surface area contributed by atoms with Gasteiger partial charge in [-0.15, -0.1) is 9.24 Å². The molecule has 0 aliphatic carbocycles. The van der Waals surface area contributed by atoms with Crippen LogP contribution in [0.25, 0.3) is 0 Å². The highest BCUT2D eigenvalue weighted by atomic mass is 31.0. The van der Waals surface area contributed by atoms with E-state index in [0.29, 0.717) is 29.3 Å². The summed E-state index contributed by atoms with van der Waals surface area (Å²) in [5, 5.41) is 15.9. The molecule has 0 radical (unpaired) electrons. The number of ether oxygens (including phenoxy) is 3. The van der Waals surface area contributed by atoms with E-state index in [1.165, 1.54) is 49.8 Å². The van der Waals surface area contributed by atoms with E-state index in [4.69, 9.17) is 14.2 Å². The van der Waals surface area contributed by atoms with Crippen LogP contribution in [0.3, 0.4) is 0 Å². The van der Waals surface area contributed by atoms with Gasteiger partial charge >= 0.3 is 5.97 Å². The molecular weight excluding hydrogens is 751 g/mol. The van der Waals surface area contributed by atoms with Crippen LogP contribution >= 0.6 is 9.24 Å². The van der Waals surface area contributed by atoms with Gasteiger partial charge in [0.15, 0.2) is 6.29 Å². The summed E-state index contributed by atoms with van der Waals surface area (Å²) in [5.74, 6) is -0.137. The van der Waals surface area contributed by atoms with Gasteiger partial charge in [-0.3, -0.25) is 14.4 Å². The van der Waals surface area contributed by atoms with E-state index < -0.39 is 23.2 Å². The van der Waals surface area contributed by atoms with Crippen molar-refractivity contribution in [3.63, 3.8) is 0 Å². The maximum absolute atomic E-state index is 13.1. The number of carbonyl (C=O) groups excluding carboxylic acids is 3. The summed E-state index contributed by atoms with van der Waals surface area (Å²) in [5.41, 5.74) is 1.40. The molecule has 1 unspecified atom stereocenters. The Morgan fingerprint density at radius 1 is 0.776 bits per heavy atom. The van der Waals surface area contributed by atoms with Crippen LogP contribution in [0.2, 0.25) is 0 Å². The third-order valence-corrected chi connectivity index (χ3v) is 8.89. The van der Waals surface area contributed by atoms with Crippen LogP contribution in [0.1, 0.15) is 81.6 Å². The first-order chi connectivity index (χ1) is 27.8. The summed E-state index contributed by atoms with van der Waals surface area (Å²) in [6, 6.07) is 16.2. The zero-order valence-electron chi connectivity index (χ0n) is 33.4. The lowest BCUT2D eigenvalue weighted by Crippen LogP contribution is -2.20. The molecule has 3 aromatic carbocycles. The highest BCUT2D eigenvalue weighted by Gasteiger charge is 2.23. The van der Waals surface area contributed by atoms with Crippen LogP contribution in [-0.4, -0.2) is 36.2 Å². The molecule has 0 aromatic heterocycles. The molecule has 0 saturated carbocycles. The Hall–Kier alpha value is -6.77. The number of amides is 2. The maximum Gasteiger partial charge on any atom is 0.336 e. The Balaban J connectivity index is 1.71. The quantitative estimate of drug-likeness (QED) is 0.0471. The molecule has 0 spiro atoms. The average Bonchev–Trinajstić information content (AvgIpc) is 3.21. The molecular formula is C47H49N2O8P. The number of hydrogen-bond donors (Lipinski definition) is 3. The van der Waals surface area contributed by atoms with Crippen molar-refractivity contribution in [2.45, 2.75) is 40.0 Å². The molecule has 11 heteroatoms. The fourth-order valence-corrected chi connectivity index (χ4v) is 5.43. The van der Waals surface area contributed by atoms with Gasteiger partial charge in [0.25, 0.3) is 11.8 Å². The minimum Gasteiger partial charge on any atom is -0.478 e. The standard InChI is InChI=1S/C47H49N2O8P/c1-8-13-36(55-28-12-16-40(58)14-9-2)15-11-27-49-45(52)43-30-39(25-26-41(43)46(53)54)57-37-23-19-34(20-24-37)47(5,6)32(4)17-21-35(10-3)56-38-22-18-33(31-50)42(29-38)44(51)48-7/h8-31H,4,58H2,1-3,5-7H3,(H,48,51)(H,49,52)(H,53,54)/b13-8-,14-9-,21-17-,27-11+,28-12+,35-10+,36-15+,40-16+. The normalized spacial score (nSPS) is 12.8. The number of benzene rings is 3. The van der Waals surface area contributed by atoms with E-state index in [2.05, 4.69) is 26.5 Å². The summed E-state index contributed by atoms with van der Waals surface area (Å²) in [4.78, 5) is 48.8. The lowest BCUT2D eigenvalue weighted by Gasteiger charge is -2.26. The van der Waals surface area contributed by atoms with Crippen LogP contribution in [0.15, 0.2) is 169 Å². The minimum absolute atomic E-state index is 0.0807. The minimum atomic E-state index is -1.26. The van der Waals surface area contributed by atoms with E-state index in [0.717, 1.165) is 16.5 Å². The van der Waals surface area contributed by atoms with Gasteiger partial charge in [0.1, 0.15) is 28.8 Å². The number of aldehydes is 1. The molecule has 0 fully saturated rings. The number of carboxylic acid groups (broad SMARTS) is 1. The predicted molar refractivity (Wildman–Crippen MR) is 233 cm³/mol. The van der Waals surface area contributed by atoms with Gasteiger partial charge < -0.3 is 30.0 Å². The van der Waals surface area contributed by atoms with Gasteiger partial charge in [-0.1, -0.05) is 62.9 Å². The van der Waals surface area contributed by atoms with Crippen LogP contribution < -0.4 is 20.1 Å². The second-order valence-corrected chi connectivity index (χ2v) is 13.5. The number of carbonyl (C=O) groups is 4. The highest BCUT2D eigenvalue weighted by Crippen LogP contribution is 2.34. The number of rotatable bonds is 19.